The third-order valence-corrected chi connectivity index (χ3v) is 3.76. The quantitative estimate of drug-likeness (QED) is 0.617. The van der Waals surface area contributed by atoms with Crippen LogP contribution < -0.4 is 5.73 Å². The van der Waals surface area contributed by atoms with Crippen molar-refractivity contribution in [1.29, 1.82) is 0 Å². The van der Waals surface area contributed by atoms with Gasteiger partial charge in [-0.05, 0) is 37.5 Å². The molecule has 2 aliphatic rings. The molecule has 0 radical (unpaired) electrons. The van der Waals surface area contributed by atoms with Gasteiger partial charge in [-0.25, -0.2) is 4.39 Å². The fraction of sp³-hybridized carbons (Fsp3) is 1.00. The molecule has 2 heteroatoms. The lowest BCUT2D eigenvalue weighted by molar-refractivity contribution is 0.0606. The second-order valence-corrected chi connectivity index (χ2v) is 4.08. The van der Waals surface area contributed by atoms with Gasteiger partial charge in [-0.1, -0.05) is 6.92 Å². The van der Waals surface area contributed by atoms with Crippen LogP contribution in [0.4, 0.5) is 4.39 Å². The molecule has 0 spiro atoms. The molecule has 2 fully saturated rings. The molecule has 4 atom stereocenters. The molecule has 2 bridgehead atoms. The van der Waals surface area contributed by atoms with Gasteiger partial charge in [0.15, 0.2) is 0 Å². The fourth-order valence-corrected chi connectivity index (χ4v) is 2.97. The Morgan fingerprint density at radius 2 is 2.27 bits per heavy atom. The Hall–Kier alpha value is -0.110. The van der Waals surface area contributed by atoms with E-state index in [2.05, 4.69) is 0 Å². The van der Waals surface area contributed by atoms with E-state index in [1.54, 1.807) is 0 Å². The SMILES string of the molecule is CC[C@]1(F)[C@H]2CC[C@H](C2)[C@H]1N. The lowest BCUT2D eigenvalue weighted by Crippen LogP contribution is -2.48. The maximum absolute atomic E-state index is 14.0. The molecule has 0 heterocycles. The molecule has 2 rings (SSSR count). The van der Waals surface area contributed by atoms with Gasteiger partial charge in [-0.15, -0.1) is 0 Å². The van der Waals surface area contributed by atoms with Gasteiger partial charge in [0.2, 0.25) is 0 Å². The van der Waals surface area contributed by atoms with E-state index in [1.165, 1.54) is 0 Å². The first-order valence-electron chi connectivity index (χ1n) is 4.63. The average Bonchev–Trinajstić information content (AvgIpc) is 2.56. The monoisotopic (exact) mass is 157 g/mol. The highest BCUT2D eigenvalue weighted by atomic mass is 19.1. The van der Waals surface area contributed by atoms with Crippen molar-refractivity contribution in [1.82, 2.24) is 0 Å². The van der Waals surface area contributed by atoms with E-state index in [9.17, 15) is 4.39 Å². The highest BCUT2D eigenvalue weighted by Gasteiger charge is 2.56. The molecule has 2 N–H and O–H groups in total. The van der Waals surface area contributed by atoms with Crippen molar-refractivity contribution in [3.05, 3.63) is 0 Å². The molecule has 0 aromatic carbocycles. The van der Waals surface area contributed by atoms with E-state index in [4.69, 9.17) is 5.73 Å². The summed E-state index contributed by atoms with van der Waals surface area (Å²) in [4.78, 5) is 0. The molecule has 11 heavy (non-hydrogen) atoms. The van der Waals surface area contributed by atoms with Crippen molar-refractivity contribution in [2.75, 3.05) is 0 Å². The number of hydrogen-bond acceptors (Lipinski definition) is 1. The minimum absolute atomic E-state index is 0.161. The Morgan fingerprint density at radius 3 is 2.64 bits per heavy atom. The molecule has 1 nitrogen and oxygen atoms in total. The first-order chi connectivity index (χ1) is 5.18. The third-order valence-electron chi connectivity index (χ3n) is 3.76. The van der Waals surface area contributed by atoms with Crippen molar-refractivity contribution < 1.29 is 4.39 Å². The zero-order chi connectivity index (χ0) is 8.06. The van der Waals surface area contributed by atoms with Crippen LogP contribution >= 0.6 is 0 Å². The Balaban J connectivity index is 2.23. The predicted molar refractivity (Wildman–Crippen MR) is 42.9 cm³/mol. The largest absolute Gasteiger partial charge is 0.325 e. The van der Waals surface area contributed by atoms with E-state index >= 15 is 0 Å². The van der Waals surface area contributed by atoms with Gasteiger partial charge in [0.05, 0.1) is 0 Å². The summed E-state index contributed by atoms with van der Waals surface area (Å²) in [6.45, 7) is 1.92. The molecule has 0 amide bonds. The van der Waals surface area contributed by atoms with Crippen LogP contribution in [0.5, 0.6) is 0 Å². The Bertz CT molecular complexity index is 167. The van der Waals surface area contributed by atoms with E-state index in [-0.39, 0.29) is 12.0 Å². The molecule has 0 unspecified atom stereocenters. The van der Waals surface area contributed by atoms with Crippen LogP contribution in [0.25, 0.3) is 0 Å². The van der Waals surface area contributed by atoms with E-state index < -0.39 is 5.67 Å². The summed E-state index contributed by atoms with van der Waals surface area (Å²) in [5.74, 6) is 0.775. The van der Waals surface area contributed by atoms with Crippen molar-refractivity contribution in [3.8, 4) is 0 Å². The second kappa shape index (κ2) is 2.19. The predicted octanol–water partition coefficient (Wildman–Crippen LogP) is 1.86. The maximum atomic E-state index is 14.0. The topological polar surface area (TPSA) is 26.0 Å². The first kappa shape index (κ1) is 7.53. The first-order valence-corrected chi connectivity index (χ1v) is 4.63. The summed E-state index contributed by atoms with van der Waals surface area (Å²) in [6, 6.07) is -0.161. The zero-order valence-electron chi connectivity index (χ0n) is 7.02. The van der Waals surface area contributed by atoms with Crippen LogP contribution in [0.2, 0.25) is 0 Å². The van der Waals surface area contributed by atoms with Crippen LogP contribution in [-0.2, 0) is 0 Å². The average molecular weight is 157 g/mol. The lowest BCUT2D eigenvalue weighted by Gasteiger charge is -2.34. The van der Waals surface area contributed by atoms with Crippen molar-refractivity contribution in [3.63, 3.8) is 0 Å². The van der Waals surface area contributed by atoms with Crippen LogP contribution in [0.1, 0.15) is 32.6 Å². The van der Waals surface area contributed by atoms with Crippen molar-refractivity contribution >= 4 is 0 Å². The summed E-state index contributed by atoms with van der Waals surface area (Å²) >= 11 is 0. The molecule has 0 aromatic rings. The smallest absolute Gasteiger partial charge is 0.128 e. The normalized spacial score (nSPS) is 55.4. The number of nitrogens with two attached hydrogens (primary N) is 1. The van der Waals surface area contributed by atoms with Crippen molar-refractivity contribution in [2.24, 2.45) is 17.6 Å². The molecule has 2 aliphatic carbocycles. The highest BCUT2D eigenvalue weighted by molar-refractivity contribution is 5.09. The lowest BCUT2D eigenvalue weighted by atomic mass is 9.80. The molecular formula is C9H16FN. The highest BCUT2D eigenvalue weighted by Crippen LogP contribution is 2.53. The number of alkyl halides is 1. The summed E-state index contributed by atoms with van der Waals surface area (Å²) in [6.07, 6.45) is 3.89. The summed E-state index contributed by atoms with van der Waals surface area (Å²) in [7, 11) is 0. The molecule has 0 saturated heterocycles. The standard InChI is InChI=1S/C9H16FN/c1-2-9(10)7-4-3-6(5-7)8(9)11/h6-8H,2-5,11H2,1H3/t6-,7+,8-,9+/m1/s1. The van der Waals surface area contributed by atoms with Crippen LogP contribution in [0.3, 0.4) is 0 Å². The summed E-state index contributed by atoms with van der Waals surface area (Å²) in [5, 5.41) is 0. The maximum Gasteiger partial charge on any atom is 0.128 e. The third kappa shape index (κ3) is 0.792. The van der Waals surface area contributed by atoms with Crippen LogP contribution in [0, 0.1) is 11.8 Å². The molecule has 0 aromatic heterocycles. The van der Waals surface area contributed by atoms with E-state index in [0.29, 0.717) is 12.3 Å². The van der Waals surface area contributed by atoms with Gasteiger partial charge in [0.1, 0.15) is 5.67 Å². The summed E-state index contributed by atoms with van der Waals surface area (Å²) < 4.78 is 14.0. The van der Waals surface area contributed by atoms with Crippen molar-refractivity contribution in [2.45, 2.75) is 44.3 Å². The van der Waals surface area contributed by atoms with Crippen LogP contribution in [0.15, 0.2) is 0 Å². The number of rotatable bonds is 1. The minimum atomic E-state index is -1.01. The number of fused-ring (bicyclic) bond motifs is 2. The fourth-order valence-electron chi connectivity index (χ4n) is 2.97. The van der Waals surface area contributed by atoms with Crippen LogP contribution in [-0.4, -0.2) is 11.7 Å². The summed E-state index contributed by atoms with van der Waals surface area (Å²) in [5.41, 5.74) is 4.82. The van der Waals surface area contributed by atoms with Gasteiger partial charge in [0, 0.05) is 6.04 Å². The Labute approximate surface area is 67.2 Å². The Morgan fingerprint density at radius 1 is 1.55 bits per heavy atom. The number of halogens is 1. The van der Waals surface area contributed by atoms with Gasteiger partial charge < -0.3 is 5.73 Å². The molecule has 2 saturated carbocycles. The molecular weight excluding hydrogens is 141 g/mol. The zero-order valence-corrected chi connectivity index (χ0v) is 7.02. The number of hydrogen-bond donors (Lipinski definition) is 1. The van der Waals surface area contributed by atoms with Gasteiger partial charge >= 0.3 is 0 Å². The van der Waals surface area contributed by atoms with E-state index in [1.807, 2.05) is 6.92 Å². The Kier molecular flexibility index (Phi) is 1.50. The molecule has 0 aliphatic heterocycles. The van der Waals surface area contributed by atoms with Gasteiger partial charge in [0.25, 0.3) is 0 Å². The van der Waals surface area contributed by atoms with Gasteiger partial charge in [-0.3, -0.25) is 0 Å². The second-order valence-electron chi connectivity index (χ2n) is 4.08. The molecule has 64 valence electrons. The minimum Gasteiger partial charge on any atom is -0.325 e. The van der Waals surface area contributed by atoms with E-state index in [0.717, 1.165) is 19.3 Å². The van der Waals surface area contributed by atoms with Gasteiger partial charge in [-0.2, -0.15) is 0 Å².